The summed E-state index contributed by atoms with van der Waals surface area (Å²) in [7, 11) is -3.27. The Morgan fingerprint density at radius 3 is 2.31 bits per heavy atom. The lowest BCUT2D eigenvalue weighted by Gasteiger charge is -2.23. The van der Waals surface area contributed by atoms with E-state index in [-0.39, 0.29) is 11.2 Å². The summed E-state index contributed by atoms with van der Waals surface area (Å²) in [6, 6.07) is 0. The van der Waals surface area contributed by atoms with Crippen LogP contribution in [0.5, 0.6) is 0 Å². The van der Waals surface area contributed by atoms with Gasteiger partial charge in [0.25, 0.3) is 0 Å². The third kappa shape index (κ3) is 5.26. The highest BCUT2D eigenvalue weighted by Crippen LogP contribution is 2.41. The predicted molar refractivity (Wildman–Crippen MR) is 53.7 cm³/mol. The molecule has 1 saturated carbocycles. The molecule has 4 heteroatoms. The Kier molecular flexibility index (Phi) is 3.02. The number of primary sulfonamides is 1. The van der Waals surface area contributed by atoms with Crippen molar-refractivity contribution in [2.24, 2.45) is 16.5 Å². The second-order valence-corrected chi connectivity index (χ2v) is 6.66. The van der Waals surface area contributed by atoms with E-state index in [2.05, 4.69) is 13.8 Å². The van der Waals surface area contributed by atoms with Gasteiger partial charge in [-0.1, -0.05) is 26.7 Å². The molecule has 2 N–H and O–H groups in total. The van der Waals surface area contributed by atoms with Crippen molar-refractivity contribution < 1.29 is 8.42 Å². The predicted octanol–water partition coefficient (Wildman–Crippen LogP) is 1.49. The first-order chi connectivity index (χ1) is 5.79. The van der Waals surface area contributed by atoms with Crippen molar-refractivity contribution in [1.82, 2.24) is 0 Å². The van der Waals surface area contributed by atoms with Gasteiger partial charge in [0.15, 0.2) is 0 Å². The van der Waals surface area contributed by atoms with Gasteiger partial charge in [-0.25, -0.2) is 13.6 Å². The lowest BCUT2D eigenvalue weighted by atomic mass is 9.84. The summed E-state index contributed by atoms with van der Waals surface area (Å²) in [6.07, 6.45) is 4.46. The van der Waals surface area contributed by atoms with Crippen molar-refractivity contribution in [2.45, 2.75) is 39.5 Å². The molecule has 0 bridgehead atoms. The van der Waals surface area contributed by atoms with Crippen molar-refractivity contribution in [3.8, 4) is 0 Å². The summed E-state index contributed by atoms with van der Waals surface area (Å²) in [6.45, 7) is 4.24. The van der Waals surface area contributed by atoms with Crippen LogP contribution in [0.3, 0.4) is 0 Å². The van der Waals surface area contributed by atoms with E-state index in [1.165, 1.54) is 12.8 Å². The van der Waals surface area contributed by atoms with Gasteiger partial charge in [0.05, 0.1) is 5.75 Å². The largest absolute Gasteiger partial charge is 0.229 e. The lowest BCUT2D eigenvalue weighted by Crippen LogP contribution is -2.23. The van der Waals surface area contributed by atoms with Gasteiger partial charge in [0, 0.05) is 0 Å². The van der Waals surface area contributed by atoms with Crippen LogP contribution in [-0.4, -0.2) is 14.2 Å². The Morgan fingerprint density at radius 1 is 1.38 bits per heavy atom. The van der Waals surface area contributed by atoms with Crippen LogP contribution in [0, 0.1) is 11.3 Å². The fourth-order valence-corrected chi connectivity index (χ4v) is 2.46. The second-order valence-electron chi connectivity index (χ2n) is 4.93. The van der Waals surface area contributed by atoms with Gasteiger partial charge < -0.3 is 0 Å². The molecule has 1 rings (SSSR count). The highest BCUT2D eigenvalue weighted by atomic mass is 32.2. The Hall–Kier alpha value is -0.0900. The SMILES string of the molecule is CC(C)(CCS(N)(=O)=O)CC1CC1. The van der Waals surface area contributed by atoms with Gasteiger partial charge in [0.2, 0.25) is 10.0 Å². The van der Waals surface area contributed by atoms with Crippen molar-refractivity contribution in [1.29, 1.82) is 0 Å². The molecule has 1 fully saturated rings. The molecule has 78 valence electrons. The summed E-state index contributed by atoms with van der Waals surface area (Å²) < 4.78 is 21.5. The van der Waals surface area contributed by atoms with E-state index in [4.69, 9.17) is 5.14 Å². The maximum absolute atomic E-state index is 10.8. The molecule has 1 aliphatic rings. The van der Waals surface area contributed by atoms with Gasteiger partial charge in [-0.15, -0.1) is 0 Å². The van der Waals surface area contributed by atoms with Gasteiger partial charge in [-0.05, 0) is 24.2 Å². The summed E-state index contributed by atoms with van der Waals surface area (Å²) in [5.41, 5.74) is 0.133. The summed E-state index contributed by atoms with van der Waals surface area (Å²) in [5.74, 6) is 0.961. The molecule has 0 aromatic heterocycles. The molecule has 0 radical (unpaired) electrons. The summed E-state index contributed by atoms with van der Waals surface area (Å²) in [5, 5.41) is 4.96. The fourth-order valence-electron chi connectivity index (χ4n) is 1.62. The third-order valence-electron chi connectivity index (χ3n) is 2.60. The van der Waals surface area contributed by atoms with Crippen molar-refractivity contribution >= 4 is 10.0 Å². The van der Waals surface area contributed by atoms with Crippen LogP contribution >= 0.6 is 0 Å². The standard InChI is InChI=1S/C9H19NO2S/c1-9(2,7-8-3-4-8)5-6-13(10,11)12/h8H,3-7H2,1-2H3,(H2,10,11,12). The van der Waals surface area contributed by atoms with Crippen LogP contribution in [0.1, 0.15) is 39.5 Å². The third-order valence-corrected chi connectivity index (χ3v) is 3.37. The summed E-state index contributed by atoms with van der Waals surface area (Å²) >= 11 is 0. The number of hydrogen-bond acceptors (Lipinski definition) is 2. The number of nitrogens with two attached hydrogens (primary N) is 1. The van der Waals surface area contributed by atoms with Crippen LogP contribution in [0.2, 0.25) is 0 Å². The molecule has 0 spiro atoms. The molecule has 0 aliphatic heterocycles. The molecule has 1 aliphatic carbocycles. The van der Waals surface area contributed by atoms with E-state index in [9.17, 15) is 8.42 Å². The van der Waals surface area contributed by atoms with Crippen molar-refractivity contribution in [3.05, 3.63) is 0 Å². The zero-order valence-corrected chi connectivity index (χ0v) is 9.23. The lowest BCUT2D eigenvalue weighted by molar-refractivity contribution is 0.304. The van der Waals surface area contributed by atoms with E-state index >= 15 is 0 Å². The number of rotatable bonds is 5. The Labute approximate surface area is 80.8 Å². The van der Waals surface area contributed by atoms with E-state index < -0.39 is 10.0 Å². The number of hydrogen-bond donors (Lipinski definition) is 1. The highest BCUT2D eigenvalue weighted by Gasteiger charge is 2.30. The zero-order chi connectivity index (χ0) is 10.1. The minimum absolute atomic E-state index is 0.118. The Balaban J connectivity index is 2.32. The van der Waals surface area contributed by atoms with Gasteiger partial charge in [-0.2, -0.15) is 0 Å². The molecule has 0 saturated heterocycles. The molecule has 0 unspecified atom stereocenters. The molecule has 0 aromatic rings. The van der Waals surface area contributed by atoms with Gasteiger partial charge >= 0.3 is 0 Å². The normalized spacial score (nSPS) is 19.0. The quantitative estimate of drug-likeness (QED) is 0.739. The van der Waals surface area contributed by atoms with Gasteiger partial charge in [0.1, 0.15) is 0 Å². The average Bonchev–Trinajstić information content (AvgIpc) is 2.66. The van der Waals surface area contributed by atoms with Crippen molar-refractivity contribution in [2.75, 3.05) is 5.75 Å². The maximum atomic E-state index is 10.8. The average molecular weight is 205 g/mol. The minimum Gasteiger partial charge on any atom is -0.229 e. The molecular weight excluding hydrogens is 186 g/mol. The molecule has 13 heavy (non-hydrogen) atoms. The Bertz CT molecular complexity index is 265. The highest BCUT2D eigenvalue weighted by molar-refractivity contribution is 7.89. The maximum Gasteiger partial charge on any atom is 0.209 e. The first-order valence-corrected chi connectivity index (χ1v) is 6.50. The van der Waals surface area contributed by atoms with E-state index in [0.717, 1.165) is 12.3 Å². The monoisotopic (exact) mass is 205 g/mol. The topological polar surface area (TPSA) is 60.2 Å². The van der Waals surface area contributed by atoms with E-state index in [1.807, 2.05) is 0 Å². The Morgan fingerprint density at radius 2 is 1.92 bits per heavy atom. The zero-order valence-electron chi connectivity index (χ0n) is 8.41. The van der Waals surface area contributed by atoms with Gasteiger partial charge in [-0.3, -0.25) is 0 Å². The van der Waals surface area contributed by atoms with Crippen molar-refractivity contribution in [3.63, 3.8) is 0 Å². The first-order valence-electron chi connectivity index (χ1n) is 4.79. The van der Waals surface area contributed by atoms with Crippen LogP contribution in [0.4, 0.5) is 0 Å². The van der Waals surface area contributed by atoms with Crippen LogP contribution in [0.25, 0.3) is 0 Å². The summed E-state index contributed by atoms with van der Waals surface area (Å²) in [4.78, 5) is 0. The molecule has 0 amide bonds. The first kappa shape index (κ1) is 11.0. The van der Waals surface area contributed by atoms with E-state index in [1.54, 1.807) is 0 Å². The minimum atomic E-state index is -3.27. The molecule has 0 aromatic carbocycles. The van der Waals surface area contributed by atoms with E-state index in [0.29, 0.717) is 6.42 Å². The number of sulfonamides is 1. The fraction of sp³-hybridized carbons (Fsp3) is 1.00. The molecular formula is C9H19NO2S. The second kappa shape index (κ2) is 3.58. The smallest absolute Gasteiger partial charge is 0.209 e. The van der Waals surface area contributed by atoms with Crippen LogP contribution < -0.4 is 5.14 Å². The van der Waals surface area contributed by atoms with Crippen LogP contribution in [0.15, 0.2) is 0 Å². The molecule has 0 heterocycles. The van der Waals surface area contributed by atoms with Crippen LogP contribution in [-0.2, 0) is 10.0 Å². The molecule has 0 atom stereocenters. The molecule has 3 nitrogen and oxygen atoms in total.